The van der Waals surface area contributed by atoms with E-state index in [2.05, 4.69) is 5.32 Å². The normalized spacial score (nSPS) is 12.6. The lowest BCUT2D eigenvalue weighted by Crippen LogP contribution is -2.49. The minimum Gasteiger partial charge on any atom is -0.480 e. The summed E-state index contributed by atoms with van der Waals surface area (Å²) >= 11 is 1.87. The first-order valence-corrected chi connectivity index (χ1v) is 7.09. The summed E-state index contributed by atoms with van der Waals surface area (Å²) in [6.07, 6.45) is 0. The lowest BCUT2D eigenvalue weighted by molar-refractivity contribution is -0.384. The van der Waals surface area contributed by atoms with Gasteiger partial charge in [0, 0.05) is 15.7 Å². The summed E-state index contributed by atoms with van der Waals surface area (Å²) in [7, 11) is 0. The van der Waals surface area contributed by atoms with Crippen molar-refractivity contribution in [1.29, 1.82) is 0 Å². The van der Waals surface area contributed by atoms with E-state index in [1.807, 2.05) is 22.6 Å². The summed E-state index contributed by atoms with van der Waals surface area (Å²) < 4.78 is 0.508. The summed E-state index contributed by atoms with van der Waals surface area (Å²) in [5.74, 6) is -1.80. The molecule has 2 N–H and O–H groups in total. The lowest BCUT2D eigenvalue weighted by atomic mass is 9.86. The number of rotatable bonds is 4. The van der Waals surface area contributed by atoms with Crippen molar-refractivity contribution < 1.29 is 19.6 Å². The van der Waals surface area contributed by atoms with Gasteiger partial charge >= 0.3 is 5.97 Å². The molecule has 0 saturated carbocycles. The smallest absolute Gasteiger partial charge is 0.326 e. The average Bonchev–Trinajstić information content (AvgIpc) is 2.33. The zero-order valence-corrected chi connectivity index (χ0v) is 13.9. The number of amides is 1. The molecule has 0 aromatic heterocycles. The van der Waals surface area contributed by atoms with Gasteiger partial charge in [0.05, 0.1) is 10.5 Å². The van der Waals surface area contributed by atoms with Gasteiger partial charge in [-0.1, -0.05) is 20.8 Å². The van der Waals surface area contributed by atoms with Crippen molar-refractivity contribution >= 4 is 40.2 Å². The van der Waals surface area contributed by atoms with Crippen LogP contribution in [0.15, 0.2) is 18.2 Å². The number of hydrogen-bond acceptors (Lipinski definition) is 4. The number of carbonyl (C=O) groups excluding carboxylic acids is 1. The van der Waals surface area contributed by atoms with Gasteiger partial charge in [-0.2, -0.15) is 0 Å². The van der Waals surface area contributed by atoms with Crippen LogP contribution in [-0.4, -0.2) is 27.9 Å². The van der Waals surface area contributed by atoms with E-state index in [-0.39, 0.29) is 11.3 Å². The van der Waals surface area contributed by atoms with Gasteiger partial charge in [-0.15, -0.1) is 0 Å². The molecule has 0 saturated heterocycles. The molecule has 8 heteroatoms. The Morgan fingerprint density at radius 3 is 2.38 bits per heavy atom. The quantitative estimate of drug-likeness (QED) is 0.454. The van der Waals surface area contributed by atoms with Crippen LogP contribution in [0.25, 0.3) is 0 Å². The maximum atomic E-state index is 12.2. The number of non-ortho nitro benzene ring substituents is 1. The van der Waals surface area contributed by atoms with Crippen molar-refractivity contribution in [3.63, 3.8) is 0 Å². The Kier molecular flexibility index (Phi) is 5.26. The topological polar surface area (TPSA) is 110 Å². The van der Waals surface area contributed by atoms with Crippen molar-refractivity contribution in [2.24, 2.45) is 5.41 Å². The Hall–Kier alpha value is -1.71. The van der Waals surface area contributed by atoms with Crippen LogP contribution >= 0.6 is 22.6 Å². The predicted octanol–water partition coefficient (Wildman–Crippen LogP) is 2.43. The fourth-order valence-corrected chi connectivity index (χ4v) is 2.24. The van der Waals surface area contributed by atoms with E-state index >= 15 is 0 Å². The molecule has 1 rings (SSSR count). The Morgan fingerprint density at radius 1 is 1.38 bits per heavy atom. The van der Waals surface area contributed by atoms with Crippen molar-refractivity contribution in [1.82, 2.24) is 5.32 Å². The molecule has 0 aliphatic carbocycles. The van der Waals surface area contributed by atoms with Crippen LogP contribution in [0.2, 0.25) is 0 Å². The maximum Gasteiger partial charge on any atom is 0.326 e. The highest BCUT2D eigenvalue weighted by atomic mass is 127. The van der Waals surface area contributed by atoms with E-state index in [1.54, 1.807) is 20.8 Å². The van der Waals surface area contributed by atoms with Crippen LogP contribution in [0.5, 0.6) is 0 Å². The predicted molar refractivity (Wildman–Crippen MR) is 84.2 cm³/mol. The van der Waals surface area contributed by atoms with Crippen LogP contribution < -0.4 is 5.32 Å². The number of hydrogen-bond donors (Lipinski definition) is 2. The van der Waals surface area contributed by atoms with Gasteiger partial charge in [0.25, 0.3) is 11.6 Å². The van der Waals surface area contributed by atoms with Gasteiger partial charge < -0.3 is 10.4 Å². The number of nitro benzene ring substituents is 1. The number of carbonyl (C=O) groups is 2. The first kappa shape index (κ1) is 17.3. The van der Waals surface area contributed by atoms with Crippen molar-refractivity contribution in [2.45, 2.75) is 26.8 Å². The van der Waals surface area contributed by atoms with Gasteiger partial charge in [0.15, 0.2) is 0 Å². The molecular weight excluding hydrogens is 391 g/mol. The second-order valence-corrected chi connectivity index (χ2v) is 6.69. The van der Waals surface area contributed by atoms with Crippen molar-refractivity contribution in [3.05, 3.63) is 37.4 Å². The molecule has 0 fully saturated rings. The fraction of sp³-hybridized carbons (Fsp3) is 0.385. The third kappa shape index (κ3) is 4.38. The average molecular weight is 406 g/mol. The molecule has 1 unspecified atom stereocenters. The molecule has 0 radical (unpaired) electrons. The molecule has 114 valence electrons. The van der Waals surface area contributed by atoms with E-state index < -0.39 is 28.3 Å². The Bertz CT molecular complexity index is 595. The maximum absolute atomic E-state index is 12.2. The van der Waals surface area contributed by atoms with E-state index in [9.17, 15) is 24.8 Å². The first-order chi connectivity index (χ1) is 9.54. The number of carboxylic acids is 1. The molecule has 0 bridgehead atoms. The van der Waals surface area contributed by atoms with Crippen molar-refractivity contribution in [2.75, 3.05) is 0 Å². The van der Waals surface area contributed by atoms with Gasteiger partial charge in [0.2, 0.25) is 0 Å². The lowest BCUT2D eigenvalue weighted by Gasteiger charge is -2.27. The molecule has 7 nitrogen and oxygen atoms in total. The molecule has 1 amide bonds. The minimum atomic E-state index is -1.16. The van der Waals surface area contributed by atoms with E-state index in [0.29, 0.717) is 3.57 Å². The Balaban J connectivity index is 3.11. The molecule has 0 aliphatic heterocycles. The van der Waals surface area contributed by atoms with E-state index in [0.717, 1.165) is 6.07 Å². The summed E-state index contributed by atoms with van der Waals surface area (Å²) in [6.45, 7) is 5.05. The molecule has 0 spiro atoms. The van der Waals surface area contributed by atoms with Crippen LogP contribution in [0.1, 0.15) is 31.1 Å². The molecule has 1 aromatic rings. The van der Waals surface area contributed by atoms with E-state index in [4.69, 9.17) is 0 Å². The summed E-state index contributed by atoms with van der Waals surface area (Å²) in [5, 5.41) is 22.4. The highest BCUT2D eigenvalue weighted by Gasteiger charge is 2.33. The standard InChI is InChI=1S/C13H15IN2O5/c1-13(2,3)10(12(18)19)15-11(17)8-6-7(16(20)21)4-5-9(8)14/h4-6,10H,1-3H3,(H,15,17)(H,18,19). The number of nitrogens with zero attached hydrogens (tertiary/aromatic N) is 1. The second-order valence-electron chi connectivity index (χ2n) is 5.53. The van der Waals surface area contributed by atoms with Gasteiger partial charge in [-0.25, -0.2) is 4.79 Å². The molecule has 1 aromatic carbocycles. The Morgan fingerprint density at radius 2 is 1.95 bits per heavy atom. The zero-order valence-electron chi connectivity index (χ0n) is 11.7. The minimum absolute atomic E-state index is 0.0836. The van der Waals surface area contributed by atoms with Gasteiger partial charge in [0.1, 0.15) is 6.04 Å². The summed E-state index contributed by atoms with van der Waals surface area (Å²) in [4.78, 5) is 33.6. The second kappa shape index (κ2) is 6.37. The van der Waals surface area contributed by atoms with Crippen molar-refractivity contribution in [3.8, 4) is 0 Å². The van der Waals surface area contributed by atoms with Gasteiger partial charge in [-0.05, 0) is 34.1 Å². The largest absolute Gasteiger partial charge is 0.480 e. The Labute approximate surface area is 135 Å². The highest BCUT2D eigenvalue weighted by molar-refractivity contribution is 14.1. The number of nitro groups is 1. The van der Waals surface area contributed by atoms with Gasteiger partial charge in [-0.3, -0.25) is 14.9 Å². The van der Waals surface area contributed by atoms with Crippen LogP contribution in [0.4, 0.5) is 5.69 Å². The first-order valence-electron chi connectivity index (χ1n) is 6.01. The number of aliphatic carboxylic acids is 1. The number of halogens is 1. The highest BCUT2D eigenvalue weighted by Crippen LogP contribution is 2.22. The van der Waals surface area contributed by atoms with Crippen LogP contribution in [-0.2, 0) is 4.79 Å². The molecule has 21 heavy (non-hydrogen) atoms. The van der Waals surface area contributed by atoms with Crippen LogP contribution in [0, 0.1) is 19.1 Å². The summed E-state index contributed by atoms with van der Waals surface area (Å²) in [5.41, 5.74) is -0.823. The molecule has 1 atom stereocenters. The fourth-order valence-electron chi connectivity index (χ4n) is 1.66. The van der Waals surface area contributed by atoms with Crippen LogP contribution in [0.3, 0.4) is 0 Å². The zero-order chi connectivity index (χ0) is 16.4. The number of benzene rings is 1. The van der Waals surface area contributed by atoms with E-state index in [1.165, 1.54) is 12.1 Å². The molecule has 0 heterocycles. The number of carboxylic acid groups (broad SMARTS) is 1. The number of nitrogens with one attached hydrogen (secondary N) is 1. The monoisotopic (exact) mass is 406 g/mol. The molecular formula is C13H15IN2O5. The third-order valence-corrected chi connectivity index (χ3v) is 3.73. The SMILES string of the molecule is CC(C)(C)C(NC(=O)c1cc([N+](=O)[O-])ccc1I)C(=O)O. The third-order valence-electron chi connectivity index (χ3n) is 2.79. The summed E-state index contributed by atoms with van der Waals surface area (Å²) in [6, 6.07) is 2.77. The molecule has 0 aliphatic rings.